The van der Waals surface area contributed by atoms with Gasteiger partial charge in [0.25, 0.3) is 0 Å². The maximum Gasteiger partial charge on any atom is 0.170 e. The highest BCUT2D eigenvalue weighted by Crippen LogP contribution is 2.37. The molecule has 0 aliphatic carbocycles. The van der Waals surface area contributed by atoms with E-state index in [1.54, 1.807) is 13.2 Å². The molecule has 3 aromatic rings. The van der Waals surface area contributed by atoms with Crippen LogP contribution in [-0.2, 0) is 0 Å². The third-order valence-electron chi connectivity index (χ3n) is 5.52. The fourth-order valence-corrected chi connectivity index (χ4v) is 4.41. The molecule has 0 amide bonds. The largest absolute Gasteiger partial charge is 0.493 e. The summed E-state index contributed by atoms with van der Waals surface area (Å²) in [6, 6.07) is 10.4. The average Bonchev–Trinajstić information content (AvgIpc) is 3.15. The van der Waals surface area contributed by atoms with E-state index in [0.717, 1.165) is 59.4 Å². The van der Waals surface area contributed by atoms with Crippen molar-refractivity contribution >= 4 is 26.9 Å². The molecule has 154 valence electrons. The van der Waals surface area contributed by atoms with Gasteiger partial charge in [0.05, 0.1) is 19.4 Å². The summed E-state index contributed by atoms with van der Waals surface area (Å²) in [5, 5.41) is 8.69. The van der Waals surface area contributed by atoms with Crippen molar-refractivity contribution in [1.82, 2.24) is 10.5 Å². The standard InChI is InChI=1S/C22H24BrFN2O3/c1-27-21-11-15(23)4-7-19(21)28-10-2-3-14-13-25-9-8-17(14)22-18-6-5-16(24)12-20(18)29-26-22/h4-7,11-12,14,17,25H,2-3,8-10,13H2,1H3. The summed E-state index contributed by atoms with van der Waals surface area (Å²) in [4.78, 5) is 0. The molecule has 2 aromatic carbocycles. The normalized spacial score (nSPS) is 19.4. The van der Waals surface area contributed by atoms with E-state index >= 15 is 0 Å². The van der Waals surface area contributed by atoms with Gasteiger partial charge >= 0.3 is 0 Å². The van der Waals surface area contributed by atoms with Crippen molar-refractivity contribution in [2.24, 2.45) is 5.92 Å². The molecule has 0 radical (unpaired) electrons. The molecule has 7 heteroatoms. The van der Waals surface area contributed by atoms with E-state index in [0.29, 0.717) is 24.0 Å². The topological polar surface area (TPSA) is 56.5 Å². The van der Waals surface area contributed by atoms with Crippen LogP contribution in [0.15, 0.2) is 45.4 Å². The Labute approximate surface area is 177 Å². The van der Waals surface area contributed by atoms with Crippen LogP contribution in [0.5, 0.6) is 11.5 Å². The fraction of sp³-hybridized carbons (Fsp3) is 0.409. The molecule has 1 N–H and O–H groups in total. The molecule has 0 spiro atoms. The number of fused-ring (bicyclic) bond motifs is 1. The molecule has 29 heavy (non-hydrogen) atoms. The van der Waals surface area contributed by atoms with Crippen molar-refractivity contribution in [2.75, 3.05) is 26.8 Å². The molecule has 2 heterocycles. The van der Waals surface area contributed by atoms with Gasteiger partial charge in [-0.05, 0) is 68.6 Å². The molecule has 2 atom stereocenters. The molecule has 0 saturated carbocycles. The predicted octanol–water partition coefficient (Wildman–Crippen LogP) is 5.29. The molecular formula is C22H24BrFN2O3. The predicted molar refractivity (Wildman–Crippen MR) is 113 cm³/mol. The molecule has 1 saturated heterocycles. The van der Waals surface area contributed by atoms with Crippen LogP contribution in [0, 0.1) is 11.7 Å². The summed E-state index contributed by atoms with van der Waals surface area (Å²) >= 11 is 3.44. The second-order valence-corrected chi connectivity index (χ2v) is 8.27. The summed E-state index contributed by atoms with van der Waals surface area (Å²) < 4.78 is 31.1. The van der Waals surface area contributed by atoms with Gasteiger partial charge in [-0.2, -0.15) is 0 Å². The van der Waals surface area contributed by atoms with Gasteiger partial charge in [0.2, 0.25) is 0 Å². The highest BCUT2D eigenvalue weighted by molar-refractivity contribution is 9.10. The Morgan fingerprint density at radius 1 is 1.24 bits per heavy atom. The quantitative estimate of drug-likeness (QED) is 0.483. The monoisotopic (exact) mass is 462 g/mol. The van der Waals surface area contributed by atoms with E-state index in [1.165, 1.54) is 12.1 Å². The first-order valence-corrected chi connectivity index (χ1v) is 10.7. The van der Waals surface area contributed by atoms with Crippen molar-refractivity contribution in [3.63, 3.8) is 0 Å². The minimum absolute atomic E-state index is 0.296. The summed E-state index contributed by atoms with van der Waals surface area (Å²) in [5.41, 5.74) is 1.46. The maximum atomic E-state index is 13.5. The summed E-state index contributed by atoms with van der Waals surface area (Å²) in [5.74, 6) is 1.89. The van der Waals surface area contributed by atoms with E-state index in [-0.39, 0.29) is 5.82 Å². The summed E-state index contributed by atoms with van der Waals surface area (Å²) in [7, 11) is 1.64. The van der Waals surface area contributed by atoms with Crippen LogP contribution in [0.4, 0.5) is 4.39 Å². The zero-order valence-corrected chi connectivity index (χ0v) is 17.9. The van der Waals surface area contributed by atoms with E-state index in [9.17, 15) is 4.39 Å². The number of rotatable bonds is 7. The fourth-order valence-electron chi connectivity index (χ4n) is 4.07. The number of aromatic nitrogens is 1. The van der Waals surface area contributed by atoms with Gasteiger partial charge in [0.1, 0.15) is 5.82 Å². The molecule has 4 rings (SSSR count). The molecule has 1 aliphatic rings. The Morgan fingerprint density at radius 3 is 3.00 bits per heavy atom. The number of nitrogens with zero attached hydrogens (tertiary/aromatic N) is 1. The van der Waals surface area contributed by atoms with Crippen LogP contribution in [0.3, 0.4) is 0 Å². The van der Waals surface area contributed by atoms with Crippen molar-refractivity contribution in [3.8, 4) is 11.5 Å². The zero-order valence-electron chi connectivity index (χ0n) is 16.3. The van der Waals surface area contributed by atoms with Crippen LogP contribution >= 0.6 is 15.9 Å². The lowest BCUT2D eigenvalue weighted by Gasteiger charge is -2.31. The first kappa shape index (κ1) is 20.2. The number of nitrogens with one attached hydrogen (secondary N) is 1. The number of methoxy groups -OCH3 is 1. The van der Waals surface area contributed by atoms with Gasteiger partial charge < -0.3 is 19.3 Å². The highest BCUT2D eigenvalue weighted by Gasteiger charge is 2.30. The zero-order chi connectivity index (χ0) is 20.2. The minimum atomic E-state index is -0.303. The smallest absolute Gasteiger partial charge is 0.170 e. The third-order valence-corrected chi connectivity index (χ3v) is 6.02. The number of benzene rings is 2. The van der Waals surface area contributed by atoms with E-state index < -0.39 is 0 Å². The Balaban J connectivity index is 1.39. The molecule has 1 fully saturated rings. The van der Waals surface area contributed by atoms with E-state index in [4.69, 9.17) is 14.0 Å². The minimum Gasteiger partial charge on any atom is -0.493 e. The lowest BCUT2D eigenvalue weighted by molar-refractivity contribution is 0.246. The van der Waals surface area contributed by atoms with Crippen molar-refractivity contribution in [3.05, 3.63) is 52.4 Å². The van der Waals surface area contributed by atoms with Gasteiger partial charge in [-0.15, -0.1) is 0 Å². The Bertz CT molecular complexity index is 978. The lowest BCUT2D eigenvalue weighted by atomic mass is 9.80. The number of ether oxygens (including phenoxy) is 2. The number of halogens is 2. The van der Waals surface area contributed by atoms with Gasteiger partial charge in [-0.25, -0.2) is 4.39 Å². The van der Waals surface area contributed by atoms with Gasteiger partial charge in [-0.3, -0.25) is 0 Å². The molecule has 1 aromatic heterocycles. The Morgan fingerprint density at radius 2 is 2.14 bits per heavy atom. The summed E-state index contributed by atoms with van der Waals surface area (Å²) in [6.07, 6.45) is 2.92. The maximum absolute atomic E-state index is 13.5. The second-order valence-electron chi connectivity index (χ2n) is 7.35. The highest BCUT2D eigenvalue weighted by atomic mass is 79.9. The van der Waals surface area contributed by atoms with Crippen LogP contribution in [-0.4, -0.2) is 32.0 Å². The first-order valence-electron chi connectivity index (χ1n) is 9.87. The van der Waals surface area contributed by atoms with Crippen molar-refractivity contribution in [1.29, 1.82) is 0 Å². The van der Waals surface area contributed by atoms with Gasteiger partial charge in [0.15, 0.2) is 17.1 Å². The molecule has 0 bridgehead atoms. The van der Waals surface area contributed by atoms with Crippen LogP contribution in [0.1, 0.15) is 30.9 Å². The van der Waals surface area contributed by atoms with Gasteiger partial charge in [0, 0.05) is 21.8 Å². The number of piperidine rings is 1. The van der Waals surface area contributed by atoms with Crippen molar-refractivity contribution < 1.29 is 18.4 Å². The SMILES string of the molecule is COc1cc(Br)ccc1OCCCC1CNCCC1c1noc2cc(F)ccc12. The van der Waals surface area contributed by atoms with Crippen LogP contribution < -0.4 is 14.8 Å². The molecule has 2 unspecified atom stereocenters. The second kappa shape index (κ2) is 9.13. The van der Waals surface area contributed by atoms with Crippen LogP contribution in [0.2, 0.25) is 0 Å². The van der Waals surface area contributed by atoms with E-state index in [1.807, 2.05) is 18.2 Å². The van der Waals surface area contributed by atoms with Gasteiger partial charge in [-0.1, -0.05) is 21.1 Å². The van der Waals surface area contributed by atoms with Crippen LogP contribution in [0.25, 0.3) is 11.0 Å². The van der Waals surface area contributed by atoms with Crippen molar-refractivity contribution in [2.45, 2.75) is 25.2 Å². The third kappa shape index (κ3) is 4.56. The van der Waals surface area contributed by atoms with E-state index in [2.05, 4.69) is 26.4 Å². The first-order chi connectivity index (χ1) is 14.2. The molecule has 5 nitrogen and oxygen atoms in total. The Hall–Kier alpha value is -2.12. The molecular weight excluding hydrogens is 439 g/mol. The Kier molecular flexibility index (Phi) is 6.35. The summed E-state index contributed by atoms with van der Waals surface area (Å²) in [6.45, 7) is 2.50. The lowest BCUT2D eigenvalue weighted by Crippen LogP contribution is -2.35. The average molecular weight is 463 g/mol. The molecule has 1 aliphatic heterocycles. The number of hydrogen-bond acceptors (Lipinski definition) is 5. The number of hydrogen-bond donors (Lipinski definition) is 1.